The lowest BCUT2D eigenvalue weighted by Gasteiger charge is -2.20. The van der Waals surface area contributed by atoms with Gasteiger partial charge < -0.3 is 20.1 Å². The second kappa shape index (κ2) is 10.4. The van der Waals surface area contributed by atoms with E-state index in [1.807, 2.05) is 38.1 Å². The number of carbonyl (C=O) groups excluding carboxylic acids is 2. The number of hydrogen-bond acceptors (Lipinski definition) is 6. The fourth-order valence-electron chi connectivity index (χ4n) is 2.46. The van der Waals surface area contributed by atoms with Crippen LogP contribution in [-0.4, -0.2) is 52.8 Å². The van der Waals surface area contributed by atoms with E-state index in [1.165, 1.54) is 0 Å². The fourth-order valence-corrected chi connectivity index (χ4v) is 2.46. The van der Waals surface area contributed by atoms with Crippen molar-refractivity contribution in [1.29, 1.82) is 0 Å². The molecule has 0 spiro atoms. The smallest absolute Gasteiger partial charge is 0.140 e. The van der Waals surface area contributed by atoms with Crippen LogP contribution in [0.2, 0.25) is 0 Å². The number of hydrogen-bond donors (Lipinski definition) is 3. The Balaban J connectivity index is 0.000000359. The molecular weight excluding hydrogens is 336 g/mol. The molecular formula is C20H30O6. The number of carbonyl (C=O) groups is 2. The quantitative estimate of drug-likeness (QED) is 0.664. The Morgan fingerprint density at radius 1 is 1.00 bits per heavy atom. The van der Waals surface area contributed by atoms with Gasteiger partial charge in [0.05, 0.1) is 32.3 Å². The molecule has 6 heteroatoms. The van der Waals surface area contributed by atoms with Crippen LogP contribution in [0, 0.1) is 5.41 Å². The van der Waals surface area contributed by atoms with Crippen LogP contribution in [0.5, 0.6) is 5.75 Å². The number of aliphatic hydroxyl groups is 3. The third kappa shape index (κ3) is 7.23. The predicted octanol–water partition coefficient (Wildman–Crippen LogP) is 1.85. The molecule has 0 amide bonds. The first-order valence-electron chi connectivity index (χ1n) is 8.85. The molecule has 0 aromatic heterocycles. The van der Waals surface area contributed by atoms with Gasteiger partial charge in [0, 0.05) is 18.3 Å². The summed E-state index contributed by atoms with van der Waals surface area (Å²) in [4.78, 5) is 22.8. The number of ketones is 2. The molecule has 6 nitrogen and oxygen atoms in total. The summed E-state index contributed by atoms with van der Waals surface area (Å²) in [6, 6.07) is 7.71. The Hall–Kier alpha value is -1.76. The van der Waals surface area contributed by atoms with E-state index in [0.717, 1.165) is 11.3 Å². The van der Waals surface area contributed by atoms with Gasteiger partial charge in [-0.1, -0.05) is 19.1 Å². The van der Waals surface area contributed by atoms with E-state index >= 15 is 0 Å². The summed E-state index contributed by atoms with van der Waals surface area (Å²) in [5.41, 5.74) is 0.340. The molecule has 0 heterocycles. The molecule has 1 saturated carbocycles. The van der Waals surface area contributed by atoms with Crippen molar-refractivity contribution in [2.24, 2.45) is 5.41 Å². The van der Waals surface area contributed by atoms with Crippen LogP contribution < -0.4 is 4.74 Å². The van der Waals surface area contributed by atoms with Gasteiger partial charge in [-0.3, -0.25) is 9.59 Å². The highest BCUT2D eigenvalue weighted by Gasteiger charge is 2.26. The van der Waals surface area contributed by atoms with E-state index < -0.39 is 5.41 Å². The van der Waals surface area contributed by atoms with Crippen molar-refractivity contribution in [2.75, 3.05) is 19.8 Å². The first-order valence-corrected chi connectivity index (χ1v) is 8.85. The molecule has 1 aromatic carbocycles. The molecule has 0 saturated heterocycles. The summed E-state index contributed by atoms with van der Waals surface area (Å²) in [6.07, 6.45) is 1.23. The number of ether oxygens (including phenoxy) is 1. The van der Waals surface area contributed by atoms with E-state index in [1.54, 1.807) is 6.92 Å². The molecule has 1 aromatic rings. The van der Waals surface area contributed by atoms with Crippen LogP contribution in [0.15, 0.2) is 24.3 Å². The average molecular weight is 366 g/mol. The van der Waals surface area contributed by atoms with Gasteiger partial charge in [-0.15, -0.1) is 0 Å². The largest absolute Gasteiger partial charge is 0.491 e. The van der Waals surface area contributed by atoms with Crippen LogP contribution in [0.4, 0.5) is 0 Å². The minimum Gasteiger partial charge on any atom is -0.491 e. The molecule has 1 aliphatic carbocycles. The topological polar surface area (TPSA) is 104 Å². The second-order valence-electron chi connectivity index (χ2n) is 7.38. The van der Waals surface area contributed by atoms with Crippen LogP contribution in [0.3, 0.4) is 0 Å². The van der Waals surface area contributed by atoms with Crippen LogP contribution in [0.1, 0.15) is 51.5 Å². The molecule has 0 radical (unpaired) electrons. The summed E-state index contributed by atoms with van der Waals surface area (Å²) < 4.78 is 5.56. The summed E-state index contributed by atoms with van der Waals surface area (Å²) in [6.45, 7) is 5.02. The fraction of sp³-hybridized carbons (Fsp3) is 0.600. The third-order valence-electron chi connectivity index (χ3n) is 4.21. The minimum atomic E-state index is -0.708. The van der Waals surface area contributed by atoms with Crippen molar-refractivity contribution in [1.82, 2.24) is 0 Å². The Morgan fingerprint density at radius 2 is 1.46 bits per heavy atom. The van der Waals surface area contributed by atoms with Gasteiger partial charge in [0.1, 0.15) is 17.3 Å². The Bertz CT molecular complexity index is 550. The van der Waals surface area contributed by atoms with Crippen LogP contribution in [0.25, 0.3) is 0 Å². The van der Waals surface area contributed by atoms with Crippen molar-refractivity contribution in [2.45, 2.75) is 52.1 Å². The number of aliphatic hydroxyl groups excluding tert-OH is 3. The van der Waals surface area contributed by atoms with Crippen molar-refractivity contribution in [3.63, 3.8) is 0 Å². The van der Waals surface area contributed by atoms with Crippen LogP contribution >= 0.6 is 0 Å². The molecule has 1 fully saturated rings. The Labute approximate surface area is 154 Å². The SMILES string of the molecule is CC(C)Oc1ccc(C2CC(=O)CC(=O)C2)cc1.CC(CO)(CO)CO. The normalized spacial score (nSPS) is 15.7. The summed E-state index contributed by atoms with van der Waals surface area (Å²) in [5.74, 6) is 0.978. The van der Waals surface area contributed by atoms with Crippen molar-refractivity contribution >= 4 is 11.6 Å². The van der Waals surface area contributed by atoms with E-state index in [4.69, 9.17) is 20.1 Å². The van der Waals surface area contributed by atoms with E-state index in [9.17, 15) is 9.59 Å². The Morgan fingerprint density at radius 3 is 1.81 bits per heavy atom. The highest BCUT2D eigenvalue weighted by Crippen LogP contribution is 2.30. The zero-order chi connectivity index (χ0) is 19.7. The van der Waals surface area contributed by atoms with Crippen molar-refractivity contribution < 1.29 is 29.6 Å². The van der Waals surface area contributed by atoms with Gasteiger partial charge in [0.2, 0.25) is 0 Å². The molecule has 0 atom stereocenters. The second-order valence-corrected chi connectivity index (χ2v) is 7.38. The molecule has 0 bridgehead atoms. The molecule has 2 rings (SSSR count). The van der Waals surface area contributed by atoms with E-state index in [0.29, 0.717) is 12.8 Å². The zero-order valence-electron chi connectivity index (χ0n) is 15.8. The number of benzene rings is 1. The molecule has 1 aliphatic rings. The van der Waals surface area contributed by atoms with Gasteiger partial charge >= 0.3 is 0 Å². The summed E-state index contributed by atoms with van der Waals surface area (Å²) in [5, 5.41) is 25.4. The highest BCUT2D eigenvalue weighted by atomic mass is 16.5. The molecule has 0 unspecified atom stereocenters. The lowest BCUT2D eigenvalue weighted by atomic mass is 9.83. The lowest BCUT2D eigenvalue weighted by molar-refractivity contribution is -0.130. The lowest BCUT2D eigenvalue weighted by Crippen LogP contribution is -2.29. The van der Waals surface area contributed by atoms with Gasteiger partial charge in [-0.2, -0.15) is 0 Å². The maximum absolute atomic E-state index is 11.4. The summed E-state index contributed by atoms with van der Waals surface area (Å²) in [7, 11) is 0. The first-order chi connectivity index (χ1) is 12.2. The van der Waals surface area contributed by atoms with Gasteiger partial charge in [0.15, 0.2) is 0 Å². The van der Waals surface area contributed by atoms with Crippen molar-refractivity contribution in [3.8, 4) is 5.75 Å². The predicted molar refractivity (Wildman–Crippen MR) is 98.2 cm³/mol. The van der Waals surface area contributed by atoms with E-state index in [-0.39, 0.29) is 49.8 Å². The maximum Gasteiger partial charge on any atom is 0.140 e. The average Bonchev–Trinajstić information content (AvgIpc) is 2.61. The zero-order valence-corrected chi connectivity index (χ0v) is 15.8. The van der Waals surface area contributed by atoms with E-state index in [2.05, 4.69) is 0 Å². The molecule has 3 N–H and O–H groups in total. The molecule has 0 aliphatic heterocycles. The third-order valence-corrected chi connectivity index (χ3v) is 4.21. The molecule has 146 valence electrons. The van der Waals surface area contributed by atoms with Gasteiger partial charge in [-0.05, 0) is 37.5 Å². The van der Waals surface area contributed by atoms with Gasteiger partial charge in [0.25, 0.3) is 0 Å². The Kier molecular flexibility index (Phi) is 8.92. The van der Waals surface area contributed by atoms with Crippen molar-refractivity contribution in [3.05, 3.63) is 29.8 Å². The molecule has 26 heavy (non-hydrogen) atoms. The number of rotatable bonds is 6. The standard InChI is InChI=1S/C15H18O3.C5H12O3/c1-10(2)18-15-5-3-11(4-6-15)12-7-13(16)9-14(17)8-12;1-5(2-6,3-7)4-8/h3-6,10,12H,7-9H2,1-2H3;6-8H,2-4H2,1H3. The highest BCUT2D eigenvalue weighted by molar-refractivity contribution is 6.02. The van der Waals surface area contributed by atoms with Crippen LogP contribution in [-0.2, 0) is 9.59 Å². The van der Waals surface area contributed by atoms with Gasteiger partial charge in [-0.25, -0.2) is 0 Å². The monoisotopic (exact) mass is 366 g/mol. The maximum atomic E-state index is 11.4. The first kappa shape index (κ1) is 22.3. The minimum absolute atomic E-state index is 0.0480. The summed E-state index contributed by atoms with van der Waals surface area (Å²) >= 11 is 0. The number of Topliss-reactive ketones (excluding diaryl/α,β-unsaturated/α-hetero) is 2.